The third-order valence-corrected chi connectivity index (χ3v) is 3.18. The number of amides is 2. The fourth-order valence-corrected chi connectivity index (χ4v) is 2.15. The first-order valence-corrected chi connectivity index (χ1v) is 6.31. The lowest BCUT2D eigenvalue weighted by atomic mass is 9.75. The highest BCUT2D eigenvalue weighted by atomic mass is 16.7. The van der Waals surface area contributed by atoms with Crippen molar-refractivity contribution in [2.75, 3.05) is 0 Å². The molecular formula is C14H21NO4. The molecule has 2 amide bonds. The van der Waals surface area contributed by atoms with E-state index in [1.54, 1.807) is 19.9 Å². The molecule has 1 fully saturated rings. The van der Waals surface area contributed by atoms with Crippen LogP contribution in [0.1, 0.15) is 47.0 Å². The molecule has 0 unspecified atom stereocenters. The normalized spacial score (nSPS) is 16.7. The van der Waals surface area contributed by atoms with E-state index in [2.05, 4.69) is 6.58 Å². The Morgan fingerprint density at radius 3 is 2.16 bits per heavy atom. The van der Waals surface area contributed by atoms with Crippen LogP contribution >= 0.6 is 0 Å². The van der Waals surface area contributed by atoms with Gasteiger partial charge in [0.25, 0.3) is 11.8 Å². The average molecular weight is 267 g/mol. The molecule has 0 aromatic rings. The van der Waals surface area contributed by atoms with Gasteiger partial charge in [-0.15, -0.1) is 11.6 Å². The van der Waals surface area contributed by atoms with Crippen molar-refractivity contribution in [2.45, 2.75) is 47.0 Å². The first-order chi connectivity index (χ1) is 8.59. The van der Waals surface area contributed by atoms with Crippen molar-refractivity contribution < 1.29 is 19.2 Å². The lowest BCUT2D eigenvalue weighted by molar-refractivity contribution is -0.205. The second kappa shape index (κ2) is 5.15. The maximum absolute atomic E-state index is 12.1. The summed E-state index contributed by atoms with van der Waals surface area (Å²) in [5, 5.41) is 0.588. The lowest BCUT2D eigenvalue weighted by Gasteiger charge is -2.31. The zero-order valence-electron chi connectivity index (χ0n) is 12.0. The number of carbonyl (C=O) groups excluding carboxylic acids is 3. The Morgan fingerprint density at radius 2 is 1.74 bits per heavy atom. The average Bonchev–Trinajstić information content (AvgIpc) is 2.59. The van der Waals surface area contributed by atoms with Gasteiger partial charge in [0.1, 0.15) is 0 Å². The number of nitrogens with zero attached hydrogens (tertiary/aromatic N) is 1. The fraction of sp³-hybridized carbons (Fsp3) is 0.643. The van der Waals surface area contributed by atoms with Crippen LogP contribution in [-0.4, -0.2) is 22.8 Å². The Labute approximate surface area is 113 Å². The molecule has 0 radical (unpaired) electrons. The van der Waals surface area contributed by atoms with Crippen molar-refractivity contribution in [3.8, 4) is 0 Å². The van der Waals surface area contributed by atoms with Gasteiger partial charge in [-0.1, -0.05) is 19.9 Å². The summed E-state index contributed by atoms with van der Waals surface area (Å²) < 4.78 is 0. The van der Waals surface area contributed by atoms with E-state index in [0.717, 1.165) is 0 Å². The van der Waals surface area contributed by atoms with E-state index in [1.165, 1.54) is 0 Å². The van der Waals surface area contributed by atoms with E-state index in [4.69, 9.17) is 4.84 Å². The summed E-state index contributed by atoms with van der Waals surface area (Å²) in [5.41, 5.74) is -1.04. The van der Waals surface area contributed by atoms with Crippen LogP contribution in [0.15, 0.2) is 12.7 Å². The quantitative estimate of drug-likeness (QED) is 0.566. The molecule has 106 valence electrons. The number of rotatable bonds is 5. The molecule has 0 N–H and O–H groups in total. The van der Waals surface area contributed by atoms with Gasteiger partial charge in [-0.3, -0.25) is 9.59 Å². The van der Waals surface area contributed by atoms with Crippen LogP contribution in [0.3, 0.4) is 0 Å². The molecule has 1 saturated heterocycles. The Balaban J connectivity index is 2.74. The highest BCUT2D eigenvalue weighted by molar-refractivity contribution is 6.01. The maximum atomic E-state index is 12.1. The predicted octanol–water partition coefficient (Wildman–Crippen LogP) is 2.22. The van der Waals surface area contributed by atoms with Gasteiger partial charge < -0.3 is 4.84 Å². The molecule has 0 bridgehead atoms. The first-order valence-electron chi connectivity index (χ1n) is 6.31. The molecule has 19 heavy (non-hydrogen) atoms. The van der Waals surface area contributed by atoms with Crippen LogP contribution in [-0.2, 0) is 19.2 Å². The summed E-state index contributed by atoms with van der Waals surface area (Å²) >= 11 is 0. The van der Waals surface area contributed by atoms with Gasteiger partial charge in [-0.2, -0.15) is 0 Å². The van der Waals surface area contributed by atoms with E-state index in [-0.39, 0.29) is 18.3 Å². The van der Waals surface area contributed by atoms with Crippen molar-refractivity contribution in [1.82, 2.24) is 5.06 Å². The Hall–Kier alpha value is -1.65. The second-order valence-corrected chi connectivity index (χ2v) is 6.21. The zero-order valence-corrected chi connectivity index (χ0v) is 12.0. The van der Waals surface area contributed by atoms with E-state index in [0.29, 0.717) is 11.5 Å². The van der Waals surface area contributed by atoms with Crippen LogP contribution in [0.5, 0.6) is 0 Å². The van der Waals surface area contributed by atoms with Crippen LogP contribution in [0.2, 0.25) is 0 Å². The number of hydroxylamine groups is 2. The zero-order chi connectivity index (χ0) is 14.8. The Morgan fingerprint density at radius 1 is 1.26 bits per heavy atom. The van der Waals surface area contributed by atoms with Crippen molar-refractivity contribution in [3.63, 3.8) is 0 Å². The van der Waals surface area contributed by atoms with E-state index < -0.39 is 23.2 Å². The smallest absolute Gasteiger partial charge is 0.330 e. The summed E-state index contributed by atoms with van der Waals surface area (Å²) in [5.74, 6) is -1.50. The van der Waals surface area contributed by atoms with Crippen LogP contribution in [0.25, 0.3) is 0 Å². The predicted molar refractivity (Wildman–Crippen MR) is 69.6 cm³/mol. The van der Waals surface area contributed by atoms with Gasteiger partial charge in [0.15, 0.2) is 0 Å². The number of carbonyl (C=O) groups is 3. The van der Waals surface area contributed by atoms with Crippen LogP contribution in [0.4, 0.5) is 0 Å². The third kappa shape index (κ3) is 3.66. The van der Waals surface area contributed by atoms with Gasteiger partial charge in [0.05, 0.1) is 5.41 Å². The molecule has 5 heteroatoms. The van der Waals surface area contributed by atoms with E-state index in [9.17, 15) is 14.4 Å². The molecule has 1 aliphatic rings. The maximum Gasteiger partial charge on any atom is 0.338 e. The van der Waals surface area contributed by atoms with Crippen LogP contribution < -0.4 is 0 Å². The van der Waals surface area contributed by atoms with Crippen molar-refractivity contribution >= 4 is 17.8 Å². The number of hydrogen-bond donors (Lipinski definition) is 0. The second-order valence-electron chi connectivity index (χ2n) is 6.21. The summed E-state index contributed by atoms with van der Waals surface area (Å²) in [6.45, 7) is 11.1. The van der Waals surface area contributed by atoms with Gasteiger partial charge in [-0.05, 0) is 25.7 Å². The molecule has 0 saturated carbocycles. The Bertz CT molecular complexity index is 407. The molecule has 0 spiro atoms. The summed E-state index contributed by atoms with van der Waals surface area (Å²) in [4.78, 5) is 39.9. The largest absolute Gasteiger partial charge is 0.338 e. The molecule has 1 heterocycles. The monoisotopic (exact) mass is 267 g/mol. The molecule has 5 nitrogen and oxygen atoms in total. The molecule has 1 aliphatic heterocycles. The van der Waals surface area contributed by atoms with Gasteiger partial charge in [0.2, 0.25) is 0 Å². The molecule has 0 aliphatic carbocycles. The highest BCUT2D eigenvalue weighted by Gasteiger charge is 2.40. The van der Waals surface area contributed by atoms with Crippen LogP contribution in [0, 0.1) is 10.8 Å². The Kier molecular flexibility index (Phi) is 4.18. The molecule has 0 aromatic carbocycles. The minimum atomic E-state index is -0.805. The molecule has 0 atom stereocenters. The van der Waals surface area contributed by atoms with Crippen molar-refractivity contribution in [3.05, 3.63) is 12.7 Å². The first kappa shape index (κ1) is 15.4. The SMILES string of the molecule is C=CC(C)(C)CC(C)(C)C(=O)ON1C(=O)CCC1=O. The lowest BCUT2D eigenvalue weighted by Crippen LogP contribution is -2.39. The van der Waals surface area contributed by atoms with Crippen molar-refractivity contribution in [2.24, 2.45) is 10.8 Å². The van der Waals surface area contributed by atoms with Gasteiger partial charge >= 0.3 is 5.97 Å². The molecule has 0 aromatic heterocycles. The number of imide groups is 1. The number of allylic oxidation sites excluding steroid dienone is 1. The summed E-state index contributed by atoms with van der Waals surface area (Å²) in [7, 11) is 0. The molecular weight excluding hydrogens is 246 g/mol. The minimum Gasteiger partial charge on any atom is -0.330 e. The third-order valence-electron chi connectivity index (χ3n) is 3.18. The summed E-state index contributed by atoms with van der Waals surface area (Å²) in [6.07, 6.45) is 2.49. The fourth-order valence-electron chi connectivity index (χ4n) is 2.15. The number of hydrogen-bond acceptors (Lipinski definition) is 4. The molecule has 1 rings (SSSR count). The van der Waals surface area contributed by atoms with E-state index >= 15 is 0 Å². The topological polar surface area (TPSA) is 63.7 Å². The van der Waals surface area contributed by atoms with Gasteiger partial charge in [-0.25, -0.2) is 4.79 Å². The highest BCUT2D eigenvalue weighted by Crippen LogP contribution is 2.35. The van der Waals surface area contributed by atoms with Gasteiger partial charge in [0, 0.05) is 12.8 Å². The standard InChI is InChI=1S/C14H21NO4/c1-6-13(2,3)9-14(4,5)12(18)19-15-10(16)7-8-11(15)17/h6H,1,7-9H2,2-5H3. The minimum absolute atomic E-state index is 0.102. The summed E-state index contributed by atoms with van der Waals surface area (Å²) in [6, 6.07) is 0. The van der Waals surface area contributed by atoms with E-state index in [1.807, 2.05) is 13.8 Å². The van der Waals surface area contributed by atoms with Crippen molar-refractivity contribution in [1.29, 1.82) is 0 Å².